The summed E-state index contributed by atoms with van der Waals surface area (Å²) in [5.41, 5.74) is 4.12. The summed E-state index contributed by atoms with van der Waals surface area (Å²) in [5.74, 6) is 0.584. The quantitative estimate of drug-likeness (QED) is 0.833. The molecule has 3 heteroatoms. The summed E-state index contributed by atoms with van der Waals surface area (Å²) in [6.07, 6.45) is 2.00. The van der Waals surface area contributed by atoms with Crippen LogP contribution in [0.2, 0.25) is 0 Å². The van der Waals surface area contributed by atoms with E-state index in [9.17, 15) is 5.11 Å². The van der Waals surface area contributed by atoms with Gasteiger partial charge in [0.2, 0.25) is 0 Å². The first-order valence-corrected chi connectivity index (χ1v) is 6.47. The van der Waals surface area contributed by atoms with E-state index < -0.39 is 0 Å². The van der Waals surface area contributed by atoms with Crippen molar-refractivity contribution in [2.24, 2.45) is 0 Å². The van der Waals surface area contributed by atoms with E-state index >= 15 is 0 Å². The number of phenols is 1. The van der Waals surface area contributed by atoms with Gasteiger partial charge in [-0.1, -0.05) is 36.4 Å². The molecule has 0 aliphatic heterocycles. The van der Waals surface area contributed by atoms with Crippen LogP contribution in [0.1, 0.15) is 22.1 Å². The SMILES string of the molecule is COc1cc2c(cc1O)C(Cl)C=C2c1ccccc1. The lowest BCUT2D eigenvalue weighted by molar-refractivity contribution is 0.373. The molecule has 96 valence electrons. The van der Waals surface area contributed by atoms with Gasteiger partial charge in [-0.3, -0.25) is 0 Å². The molecule has 2 aromatic rings. The van der Waals surface area contributed by atoms with Crippen LogP contribution in [0, 0.1) is 0 Å². The highest BCUT2D eigenvalue weighted by Gasteiger charge is 2.24. The van der Waals surface area contributed by atoms with E-state index in [0.717, 1.165) is 22.3 Å². The van der Waals surface area contributed by atoms with Gasteiger partial charge >= 0.3 is 0 Å². The molecule has 1 atom stereocenters. The Morgan fingerprint density at radius 1 is 1.16 bits per heavy atom. The summed E-state index contributed by atoms with van der Waals surface area (Å²) < 4.78 is 5.17. The third-order valence-corrected chi connectivity index (χ3v) is 3.70. The molecule has 0 bridgehead atoms. The topological polar surface area (TPSA) is 29.5 Å². The first-order valence-electron chi connectivity index (χ1n) is 6.03. The molecule has 2 aromatic carbocycles. The maximum absolute atomic E-state index is 9.84. The van der Waals surface area contributed by atoms with E-state index in [-0.39, 0.29) is 11.1 Å². The highest BCUT2D eigenvalue weighted by molar-refractivity contribution is 6.24. The van der Waals surface area contributed by atoms with Crippen LogP contribution >= 0.6 is 11.6 Å². The summed E-state index contributed by atoms with van der Waals surface area (Å²) in [6, 6.07) is 13.6. The van der Waals surface area contributed by atoms with Gasteiger partial charge in [0.25, 0.3) is 0 Å². The Kier molecular flexibility index (Phi) is 2.96. The minimum absolute atomic E-state index is 0.120. The molecule has 0 amide bonds. The molecular formula is C16H13ClO2. The highest BCUT2D eigenvalue weighted by Crippen LogP contribution is 2.45. The van der Waals surface area contributed by atoms with Gasteiger partial charge in [0.05, 0.1) is 12.5 Å². The van der Waals surface area contributed by atoms with Gasteiger partial charge in [0.1, 0.15) is 0 Å². The lowest BCUT2D eigenvalue weighted by atomic mass is 9.99. The maximum atomic E-state index is 9.84. The van der Waals surface area contributed by atoms with Crippen LogP contribution in [0.4, 0.5) is 0 Å². The van der Waals surface area contributed by atoms with Crippen molar-refractivity contribution in [3.63, 3.8) is 0 Å². The zero-order chi connectivity index (χ0) is 13.4. The Balaban J connectivity index is 2.16. The lowest BCUT2D eigenvalue weighted by Crippen LogP contribution is -1.91. The van der Waals surface area contributed by atoms with Gasteiger partial charge in [-0.25, -0.2) is 0 Å². The Bertz CT molecular complexity index is 647. The molecule has 0 saturated carbocycles. The summed E-state index contributed by atoms with van der Waals surface area (Å²) >= 11 is 6.33. The van der Waals surface area contributed by atoms with Gasteiger partial charge in [-0.2, -0.15) is 0 Å². The molecule has 0 saturated heterocycles. The van der Waals surface area contributed by atoms with Crippen LogP contribution in [0.5, 0.6) is 11.5 Å². The first-order chi connectivity index (χ1) is 9.20. The molecule has 0 fully saturated rings. The first kappa shape index (κ1) is 12.1. The van der Waals surface area contributed by atoms with E-state index in [0.29, 0.717) is 5.75 Å². The molecule has 19 heavy (non-hydrogen) atoms. The number of allylic oxidation sites excluding steroid dienone is 1. The molecule has 1 aliphatic rings. The predicted molar refractivity (Wildman–Crippen MR) is 76.8 cm³/mol. The number of methoxy groups -OCH3 is 1. The molecule has 1 aliphatic carbocycles. The Morgan fingerprint density at radius 3 is 2.58 bits per heavy atom. The van der Waals surface area contributed by atoms with E-state index in [2.05, 4.69) is 0 Å². The molecule has 1 N–H and O–H groups in total. The van der Waals surface area contributed by atoms with Crippen LogP contribution in [0.3, 0.4) is 0 Å². The number of ether oxygens (including phenoxy) is 1. The number of hydrogen-bond donors (Lipinski definition) is 1. The van der Waals surface area contributed by atoms with E-state index in [1.54, 1.807) is 13.2 Å². The normalized spacial score (nSPS) is 16.9. The van der Waals surface area contributed by atoms with Crippen molar-refractivity contribution in [1.29, 1.82) is 0 Å². The van der Waals surface area contributed by atoms with Crippen LogP contribution in [0.15, 0.2) is 48.5 Å². The standard InChI is InChI=1S/C16H13ClO2/c1-19-16-9-12-11(10-5-3-2-4-6-10)7-14(17)13(12)8-15(16)18/h2-9,14,18H,1H3. The second kappa shape index (κ2) is 4.63. The fourth-order valence-electron chi connectivity index (χ4n) is 2.40. The molecular weight excluding hydrogens is 260 g/mol. The van der Waals surface area contributed by atoms with E-state index in [1.807, 2.05) is 42.5 Å². The van der Waals surface area contributed by atoms with Crippen molar-refractivity contribution in [3.8, 4) is 11.5 Å². The number of benzene rings is 2. The summed E-state index contributed by atoms with van der Waals surface area (Å²) in [5, 5.41) is 9.62. The number of fused-ring (bicyclic) bond motifs is 1. The van der Waals surface area contributed by atoms with Gasteiger partial charge in [-0.15, -0.1) is 11.6 Å². The number of halogens is 1. The van der Waals surface area contributed by atoms with E-state index in [1.165, 1.54) is 0 Å². The number of hydrogen-bond acceptors (Lipinski definition) is 2. The summed E-state index contributed by atoms with van der Waals surface area (Å²) in [6.45, 7) is 0. The van der Waals surface area contributed by atoms with Crippen molar-refractivity contribution in [1.82, 2.24) is 0 Å². The molecule has 3 rings (SSSR count). The molecule has 1 unspecified atom stereocenters. The summed E-state index contributed by atoms with van der Waals surface area (Å²) in [7, 11) is 1.54. The van der Waals surface area contributed by atoms with Crippen molar-refractivity contribution in [2.45, 2.75) is 5.38 Å². The number of phenolic OH excluding ortho intramolecular Hbond substituents is 1. The number of alkyl halides is 1. The zero-order valence-electron chi connectivity index (χ0n) is 10.4. The third-order valence-electron chi connectivity index (χ3n) is 3.34. The van der Waals surface area contributed by atoms with Crippen LogP contribution < -0.4 is 4.74 Å². The Labute approximate surface area is 116 Å². The molecule has 0 spiro atoms. The molecule has 0 radical (unpaired) electrons. The fourth-order valence-corrected chi connectivity index (χ4v) is 2.71. The summed E-state index contributed by atoms with van der Waals surface area (Å²) in [4.78, 5) is 0. The number of aromatic hydroxyl groups is 1. The Hall–Kier alpha value is -1.93. The zero-order valence-corrected chi connectivity index (χ0v) is 11.2. The predicted octanol–water partition coefficient (Wildman–Crippen LogP) is 4.13. The Morgan fingerprint density at radius 2 is 1.89 bits per heavy atom. The molecule has 0 aromatic heterocycles. The smallest absolute Gasteiger partial charge is 0.161 e. The minimum Gasteiger partial charge on any atom is -0.504 e. The second-order valence-electron chi connectivity index (χ2n) is 4.46. The monoisotopic (exact) mass is 272 g/mol. The number of rotatable bonds is 2. The fraction of sp³-hybridized carbons (Fsp3) is 0.125. The van der Waals surface area contributed by atoms with Gasteiger partial charge in [0, 0.05) is 0 Å². The van der Waals surface area contributed by atoms with Gasteiger partial charge < -0.3 is 9.84 Å². The third kappa shape index (κ3) is 1.98. The second-order valence-corrected chi connectivity index (χ2v) is 4.93. The average Bonchev–Trinajstić information content (AvgIpc) is 2.76. The van der Waals surface area contributed by atoms with Crippen LogP contribution in [-0.2, 0) is 0 Å². The van der Waals surface area contributed by atoms with Crippen molar-refractivity contribution >= 4 is 17.2 Å². The molecule has 0 heterocycles. The largest absolute Gasteiger partial charge is 0.504 e. The van der Waals surface area contributed by atoms with Gasteiger partial charge in [-0.05, 0) is 34.4 Å². The minimum atomic E-state index is -0.220. The van der Waals surface area contributed by atoms with Crippen LogP contribution in [0.25, 0.3) is 5.57 Å². The highest BCUT2D eigenvalue weighted by atomic mass is 35.5. The average molecular weight is 273 g/mol. The van der Waals surface area contributed by atoms with Crippen molar-refractivity contribution in [2.75, 3.05) is 7.11 Å². The maximum Gasteiger partial charge on any atom is 0.161 e. The molecule has 2 nitrogen and oxygen atoms in total. The van der Waals surface area contributed by atoms with E-state index in [4.69, 9.17) is 16.3 Å². The van der Waals surface area contributed by atoms with Crippen molar-refractivity contribution < 1.29 is 9.84 Å². The van der Waals surface area contributed by atoms with Gasteiger partial charge in [0.15, 0.2) is 11.5 Å². The van der Waals surface area contributed by atoms with Crippen LogP contribution in [-0.4, -0.2) is 12.2 Å². The van der Waals surface area contributed by atoms with Crippen molar-refractivity contribution in [3.05, 3.63) is 65.2 Å². The lowest BCUT2D eigenvalue weighted by Gasteiger charge is -2.10.